The molecule has 2 aromatic carbocycles. The van der Waals surface area contributed by atoms with Gasteiger partial charge in [-0.05, 0) is 36.9 Å². The summed E-state index contributed by atoms with van der Waals surface area (Å²) in [6.07, 6.45) is 0. The minimum Gasteiger partial charge on any atom is -0.340 e. The number of benzene rings is 2. The zero-order valence-corrected chi connectivity index (χ0v) is 14.9. The van der Waals surface area contributed by atoms with Crippen molar-refractivity contribution in [3.8, 4) is 0 Å². The second kappa shape index (κ2) is 8.05. The van der Waals surface area contributed by atoms with E-state index in [-0.39, 0.29) is 5.69 Å². The maximum absolute atomic E-state index is 13.7. The lowest BCUT2D eigenvalue weighted by molar-refractivity contribution is 0.102. The van der Waals surface area contributed by atoms with Crippen molar-refractivity contribution >= 4 is 11.6 Å². The van der Waals surface area contributed by atoms with Crippen molar-refractivity contribution in [2.75, 3.05) is 12.4 Å². The molecule has 1 heterocycles. The number of aromatic nitrogens is 2. The molecule has 140 valence electrons. The third kappa shape index (κ3) is 4.95. The number of nitrogens with one attached hydrogen (secondary N) is 1. The van der Waals surface area contributed by atoms with Gasteiger partial charge in [-0.2, -0.15) is 4.98 Å². The maximum Gasteiger partial charge on any atom is 0.255 e. The fourth-order valence-electron chi connectivity index (χ4n) is 2.61. The van der Waals surface area contributed by atoms with E-state index in [1.165, 1.54) is 6.07 Å². The molecule has 8 heteroatoms. The van der Waals surface area contributed by atoms with Crippen LogP contribution in [-0.2, 0) is 13.1 Å². The van der Waals surface area contributed by atoms with E-state index in [0.717, 1.165) is 17.7 Å². The van der Waals surface area contributed by atoms with Crippen LogP contribution in [0.5, 0.6) is 0 Å². The minimum absolute atomic E-state index is 0.0728. The summed E-state index contributed by atoms with van der Waals surface area (Å²) in [5.41, 5.74) is 1.20. The molecular formula is C19H18F2N4O2. The van der Waals surface area contributed by atoms with Gasteiger partial charge in [0.1, 0.15) is 11.6 Å². The lowest BCUT2D eigenvalue weighted by atomic mass is 10.1. The molecule has 0 fully saturated rings. The molecule has 0 saturated heterocycles. The number of carbonyl (C=O) groups excluding carboxylic acids is 1. The van der Waals surface area contributed by atoms with Crippen LogP contribution in [0.1, 0.15) is 27.6 Å². The molecule has 0 bridgehead atoms. The molecule has 0 atom stereocenters. The van der Waals surface area contributed by atoms with Gasteiger partial charge in [-0.1, -0.05) is 17.3 Å². The van der Waals surface area contributed by atoms with Gasteiger partial charge < -0.3 is 9.84 Å². The van der Waals surface area contributed by atoms with Crippen LogP contribution in [0.4, 0.5) is 14.5 Å². The Labute approximate surface area is 154 Å². The van der Waals surface area contributed by atoms with Gasteiger partial charge >= 0.3 is 0 Å². The molecule has 0 aliphatic carbocycles. The van der Waals surface area contributed by atoms with Crippen LogP contribution in [-0.4, -0.2) is 28.0 Å². The first kappa shape index (κ1) is 18.7. The van der Waals surface area contributed by atoms with E-state index < -0.39 is 17.5 Å². The smallest absolute Gasteiger partial charge is 0.255 e. The number of hydrogen-bond acceptors (Lipinski definition) is 5. The third-order valence-electron chi connectivity index (χ3n) is 3.80. The molecule has 1 amide bonds. The fourth-order valence-corrected chi connectivity index (χ4v) is 2.61. The summed E-state index contributed by atoms with van der Waals surface area (Å²) in [4.78, 5) is 18.5. The molecule has 0 saturated carbocycles. The van der Waals surface area contributed by atoms with Gasteiger partial charge in [-0.25, -0.2) is 8.78 Å². The fraction of sp³-hybridized carbons (Fsp3) is 0.211. The van der Waals surface area contributed by atoms with Gasteiger partial charge in [-0.3, -0.25) is 9.69 Å². The summed E-state index contributed by atoms with van der Waals surface area (Å²) in [5, 5.41) is 6.30. The first-order valence-electron chi connectivity index (χ1n) is 8.24. The van der Waals surface area contributed by atoms with Crippen molar-refractivity contribution in [2.24, 2.45) is 0 Å². The van der Waals surface area contributed by atoms with Gasteiger partial charge in [0, 0.05) is 25.1 Å². The maximum atomic E-state index is 13.7. The lowest BCUT2D eigenvalue weighted by Gasteiger charge is -2.15. The minimum atomic E-state index is -0.824. The van der Waals surface area contributed by atoms with Crippen molar-refractivity contribution in [1.29, 1.82) is 0 Å². The zero-order valence-electron chi connectivity index (χ0n) is 14.9. The molecule has 3 rings (SSSR count). The molecule has 0 aliphatic rings. The van der Waals surface area contributed by atoms with Crippen molar-refractivity contribution in [2.45, 2.75) is 20.0 Å². The van der Waals surface area contributed by atoms with Gasteiger partial charge in [0.15, 0.2) is 5.82 Å². The summed E-state index contributed by atoms with van der Waals surface area (Å²) < 4.78 is 31.6. The summed E-state index contributed by atoms with van der Waals surface area (Å²) in [6.45, 7) is 2.77. The number of amides is 1. The highest BCUT2D eigenvalue weighted by Crippen LogP contribution is 2.17. The monoisotopic (exact) mass is 372 g/mol. The van der Waals surface area contributed by atoms with Crippen LogP contribution in [0.3, 0.4) is 0 Å². The molecule has 1 N–H and O–H groups in total. The summed E-state index contributed by atoms with van der Waals surface area (Å²) in [6, 6.07) is 9.97. The quantitative estimate of drug-likeness (QED) is 0.717. The van der Waals surface area contributed by atoms with Crippen LogP contribution in [0.25, 0.3) is 0 Å². The second-order valence-electron chi connectivity index (χ2n) is 6.18. The van der Waals surface area contributed by atoms with Crippen molar-refractivity contribution < 1.29 is 18.1 Å². The Balaban J connectivity index is 1.66. The normalized spacial score (nSPS) is 11.0. The predicted molar refractivity (Wildman–Crippen MR) is 95.0 cm³/mol. The van der Waals surface area contributed by atoms with E-state index in [0.29, 0.717) is 30.4 Å². The highest BCUT2D eigenvalue weighted by Gasteiger charge is 2.12. The number of halogens is 2. The van der Waals surface area contributed by atoms with Gasteiger partial charge in [-0.15, -0.1) is 0 Å². The third-order valence-corrected chi connectivity index (χ3v) is 3.80. The number of rotatable bonds is 6. The SMILES string of the molecule is Cc1nc(CN(C)Cc2cccc(C(=O)Nc3ccc(F)cc3F)c2)no1. The highest BCUT2D eigenvalue weighted by atomic mass is 19.1. The summed E-state index contributed by atoms with van der Waals surface area (Å²) in [7, 11) is 1.90. The van der Waals surface area contributed by atoms with E-state index in [1.54, 1.807) is 25.1 Å². The Kier molecular flexibility index (Phi) is 5.56. The van der Waals surface area contributed by atoms with Gasteiger partial charge in [0.2, 0.25) is 5.89 Å². The largest absolute Gasteiger partial charge is 0.340 e. The molecular weight excluding hydrogens is 354 g/mol. The topological polar surface area (TPSA) is 71.3 Å². The van der Waals surface area contributed by atoms with E-state index in [9.17, 15) is 13.6 Å². The molecule has 6 nitrogen and oxygen atoms in total. The number of hydrogen-bond donors (Lipinski definition) is 1. The molecule has 1 aromatic heterocycles. The molecule has 0 unspecified atom stereocenters. The average molecular weight is 372 g/mol. The van der Waals surface area contributed by atoms with E-state index in [1.807, 2.05) is 18.0 Å². The first-order chi connectivity index (χ1) is 12.9. The predicted octanol–water partition coefficient (Wildman–Crippen LogP) is 3.54. The molecule has 0 spiro atoms. The van der Waals surface area contributed by atoms with Crippen LogP contribution < -0.4 is 5.32 Å². The van der Waals surface area contributed by atoms with Crippen molar-refractivity contribution in [3.05, 3.63) is 76.9 Å². The van der Waals surface area contributed by atoms with Crippen molar-refractivity contribution in [1.82, 2.24) is 15.0 Å². The van der Waals surface area contributed by atoms with Crippen LogP contribution >= 0.6 is 0 Å². The standard InChI is InChI=1S/C19H18F2N4O2/c1-12-22-18(24-27-12)11-25(2)10-13-4-3-5-14(8-13)19(26)23-17-7-6-15(20)9-16(17)21/h3-9H,10-11H2,1-2H3,(H,23,26). The number of nitrogens with zero attached hydrogens (tertiary/aromatic N) is 3. The molecule has 3 aromatic rings. The van der Waals surface area contributed by atoms with Crippen molar-refractivity contribution in [3.63, 3.8) is 0 Å². The van der Waals surface area contributed by atoms with Crippen LogP contribution in [0, 0.1) is 18.6 Å². The van der Waals surface area contributed by atoms with Gasteiger partial charge in [0.05, 0.1) is 12.2 Å². The van der Waals surface area contributed by atoms with E-state index in [4.69, 9.17) is 4.52 Å². The first-order valence-corrected chi connectivity index (χ1v) is 8.24. The molecule has 27 heavy (non-hydrogen) atoms. The lowest BCUT2D eigenvalue weighted by Crippen LogP contribution is -2.19. The Morgan fingerprint density at radius 1 is 1.19 bits per heavy atom. The Morgan fingerprint density at radius 2 is 2.00 bits per heavy atom. The number of aryl methyl sites for hydroxylation is 1. The van der Waals surface area contributed by atoms with Crippen LogP contribution in [0.15, 0.2) is 47.0 Å². The Hall–Kier alpha value is -3.13. The van der Waals surface area contributed by atoms with Crippen LogP contribution in [0.2, 0.25) is 0 Å². The van der Waals surface area contributed by atoms with E-state index in [2.05, 4.69) is 15.5 Å². The Morgan fingerprint density at radius 3 is 2.70 bits per heavy atom. The van der Waals surface area contributed by atoms with E-state index >= 15 is 0 Å². The average Bonchev–Trinajstić information content (AvgIpc) is 3.02. The van der Waals surface area contributed by atoms with Gasteiger partial charge in [0.25, 0.3) is 5.91 Å². The Bertz CT molecular complexity index is 958. The summed E-state index contributed by atoms with van der Waals surface area (Å²) >= 11 is 0. The number of anilines is 1. The second-order valence-corrected chi connectivity index (χ2v) is 6.18. The molecule has 0 radical (unpaired) electrons. The number of carbonyl (C=O) groups is 1. The molecule has 0 aliphatic heterocycles. The summed E-state index contributed by atoms with van der Waals surface area (Å²) in [5.74, 6) is -0.915. The zero-order chi connectivity index (χ0) is 19.4. The highest BCUT2D eigenvalue weighted by molar-refractivity contribution is 6.04.